The number of aromatic nitrogens is 2. The van der Waals surface area contributed by atoms with Crippen molar-refractivity contribution in [1.82, 2.24) is 9.78 Å². The Labute approximate surface area is 159 Å². The standard InChI is InChI=1S/C19H17BrClN3O/c1-12-9-13(2)24(23-12)11-14-3-5-15(6-4-14)19(25)22-16-7-8-17(20)18(21)10-16/h3-10H,11H2,1-2H3,(H,22,25). The Morgan fingerprint density at radius 3 is 2.48 bits per heavy atom. The van der Waals surface area contributed by atoms with Gasteiger partial charge in [0.1, 0.15) is 0 Å². The number of anilines is 1. The van der Waals surface area contributed by atoms with Crippen molar-refractivity contribution in [2.45, 2.75) is 20.4 Å². The van der Waals surface area contributed by atoms with E-state index in [9.17, 15) is 4.79 Å². The predicted octanol–water partition coefficient (Wildman–Crippen LogP) is 5.22. The van der Waals surface area contributed by atoms with Gasteiger partial charge in [-0.1, -0.05) is 23.7 Å². The van der Waals surface area contributed by atoms with E-state index >= 15 is 0 Å². The fourth-order valence-electron chi connectivity index (χ4n) is 2.55. The molecule has 1 N–H and O–H groups in total. The third-order valence-electron chi connectivity index (χ3n) is 3.83. The number of rotatable bonds is 4. The van der Waals surface area contributed by atoms with Crippen molar-refractivity contribution in [3.63, 3.8) is 0 Å². The van der Waals surface area contributed by atoms with E-state index in [-0.39, 0.29) is 5.91 Å². The lowest BCUT2D eigenvalue weighted by atomic mass is 10.1. The molecule has 0 spiro atoms. The molecule has 1 aromatic heterocycles. The summed E-state index contributed by atoms with van der Waals surface area (Å²) in [6.07, 6.45) is 0. The van der Waals surface area contributed by atoms with Crippen molar-refractivity contribution in [2.75, 3.05) is 5.32 Å². The number of nitrogens with one attached hydrogen (secondary N) is 1. The molecule has 0 fully saturated rings. The lowest BCUT2D eigenvalue weighted by Crippen LogP contribution is -2.12. The number of hydrogen-bond acceptors (Lipinski definition) is 2. The maximum absolute atomic E-state index is 12.4. The topological polar surface area (TPSA) is 46.9 Å². The largest absolute Gasteiger partial charge is 0.322 e. The highest BCUT2D eigenvalue weighted by Gasteiger charge is 2.08. The van der Waals surface area contributed by atoms with Crippen molar-refractivity contribution in [1.29, 1.82) is 0 Å². The summed E-state index contributed by atoms with van der Waals surface area (Å²) in [4.78, 5) is 12.4. The molecule has 25 heavy (non-hydrogen) atoms. The molecule has 1 heterocycles. The van der Waals surface area contributed by atoms with Gasteiger partial charge in [0, 0.05) is 21.4 Å². The van der Waals surface area contributed by atoms with E-state index in [1.54, 1.807) is 18.2 Å². The average Bonchev–Trinajstić information content (AvgIpc) is 2.89. The van der Waals surface area contributed by atoms with Gasteiger partial charge in [-0.15, -0.1) is 0 Å². The highest BCUT2D eigenvalue weighted by molar-refractivity contribution is 9.10. The highest BCUT2D eigenvalue weighted by Crippen LogP contribution is 2.25. The second-order valence-corrected chi connectivity index (χ2v) is 7.13. The molecule has 3 rings (SSSR count). The number of halogens is 2. The number of aryl methyl sites for hydroxylation is 2. The lowest BCUT2D eigenvalue weighted by Gasteiger charge is -2.08. The zero-order chi connectivity index (χ0) is 18.0. The summed E-state index contributed by atoms with van der Waals surface area (Å²) in [6.45, 7) is 4.69. The smallest absolute Gasteiger partial charge is 0.255 e. The summed E-state index contributed by atoms with van der Waals surface area (Å²) < 4.78 is 2.74. The van der Waals surface area contributed by atoms with Crippen LogP contribution >= 0.6 is 27.5 Å². The number of carbonyl (C=O) groups is 1. The van der Waals surface area contributed by atoms with E-state index in [0.29, 0.717) is 22.8 Å². The van der Waals surface area contributed by atoms with Gasteiger partial charge >= 0.3 is 0 Å². The van der Waals surface area contributed by atoms with Gasteiger partial charge in [0.15, 0.2) is 0 Å². The Hall–Kier alpha value is -2.11. The van der Waals surface area contributed by atoms with Crippen LogP contribution in [-0.2, 0) is 6.54 Å². The van der Waals surface area contributed by atoms with Crippen LogP contribution < -0.4 is 5.32 Å². The zero-order valence-electron chi connectivity index (χ0n) is 13.9. The molecule has 0 aliphatic carbocycles. The number of hydrogen-bond donors (Lipinski definition) is 1. The summed E-state index contributed by atoms with van der Waals surface area (Å²) >= 11 is 9.38. The minimum absolute atomic E-state index is 0.170. The first-order chi connectivity index (χ1) is 11.9. The van der Waals surface area contributed by atoms with Gasteiger partial charge in [0.2, 0.25) is 0 Å². The molecule has 3 aromatic rings. The Morgan fingerprint density at radius 2 is 1.88 bits per heavy atom. The molecular weight excluding hydrogens is 402 g/mol. The molecule has 4 nitrogen and oxygen atoms in total. The summed E-state index contributed by atoms with van der Waals surface area (Å²) in [6, 6.07) is 14.9. The molecule has 2 aromatic carbocycles. The van der Waals surface area contributed by atoms with Crippen LogP contribution in [0.15, 0.2) is 53.0 Å². The van der Waals surface area contributed by atoms with Crippen LogP contribution in [0.1, 0.15) is 27.3 Å². The monoisotopic (exact) mass is 417 g/mol. The average molecular weight is 419 g/mol. The van der Waals surface area contributed by atoms with Crippen LogP contribution in [0.25, 0.3) is 0 Å². The Balaban J connectivity index is 1.69. The van der Waals surface area contributed by atoms with Gasteiger partial charge in [-0.2, -0.15) is 5.10 Å². The lowest BCUT2D eigenvalue weighted by molar-refractivity contribution is 0.102. The SMILES string of the molecule is Cc1cc(C)n(Cc2ccc(C(=O)Nc3ccc(Br)c(Cl)c3)cc2)n1. The molecule has 0 aliphatic heterocycles. The summed E-state index contributed by atoms with van der Waals surface area (Å²) in [5.74, 6) is -0.170. The van der Waals surface area contributed by atoms with E-state index in [2.05, 4.69) is 26.3 Å². The molecule has 0 saturated heterocycles. The molecule has 1 amide bonds. The maximum Gasteiger partial charge on any atom is 0.255 e. The zero-order valence-corrected chi connectivity index (χ0v) is 16.2. The number of carbonyl (C=O) groups excluding carboxylic acids is 1. The van der Waals surface area contributed by atoms with E-state index in [4.69, 9.17) is 11.6 Å². The van der Waals surface area contributed by atoms with Crippen molar-refractivity contribution in [3.05, 3.63) is 80.5 Å². The molecule has 0 bridgehead atoms. The fourth-order valence-corrected chi connectivity index (χ4v) is 2.97. The van der Waals surface area contributed by atoms with Crippen molar-refractivity contribution < 1.29 is 4.79 Å². The molecule has 0 saturated carbocycles. The highest BCUT2D eigenvalue weighted by atomic mass is 79.9. The molecular formula is C19H17BrClN3O. The minimum atomic E-state index is -0.170. The van der Waals surface area contributed by atoms with Crippen molar-refractivity contribution in [3.8, 4) is 0 Å². The molecule has 0 radical (unpaired) electrons. The van der Waals surface area contributed by atoms with Crippen LogP contribution in [0.3, 0.4) is 0 Å². The van der Waals surface area contributed by atoms with Gasteiger partial charge in [0.05, 0.1) is 17.3 Å². The van der Waals surface area contributed by atoms with Gasteiger partial charge in [0.25, 0.3) is 5.91 Å². The minimum Gasteiger partial charge on any atom is -0.322 e. The molecule has 0 aliphatic rings. The fraction of sp³-hybridized carbons (Fsp3) is 0.158. The maximum atomic E-state index is 12.4. The van der Waals surface area contributed by atoms with Gasteiger partial charge in [-0.05, 0) is 71.7 Å². The molecule has 0 atom stereocenters. The molecule has 0 unspecified atom stereocenters. The molecule has 6 heteroatoms. The normalized spacial score (nSPS) is 10.7. The van der Waals surface area contributed by atoms with E-state index < -0.39 is 0 Å². The van der Waals surface area contributed by atoms with E-state index in [1.807, 2.05) is 48.9 Å². The summed E-state index contributed by atoms with van der Waals surface area (Å²) in [5, 5.41) is 7.86. The summed E-state index contributed by atoms with van der Waals surface area (Å²) in [7, 11) is 0. The molecule has 128 valence electrons. The quantitative estimate of drug-likeness (QED) is 0.631. The summed E-state index contributed by atoms with van der Waals surface area (Å²) in [5.41, 5.74) is 4.46. The third-order valence-corrected chi connectivity index (χ3v) is 5.06. The third kappa shape index (κ3) is 4.30. The van der Waals surface area contributed by atoms with Crippen LogP contribution in [0, 0.1) is 13.8 Å². The van der Waals surface area contributed by atoms with Crippen LogP contribution in [0.4, 0.5) is 5.69 Å². The van der Waals surface area contributed by atoms with Crippen LogP contribution in [0.2, 0.25) is 5.02 Å². The van der Waals surface area contributed by atoms with Crippen molar-refractivity contribution in [2.24, 2.45) is 0 Å². The van der Waals surface area contributed by atoms with Gasteiger partial charge < -0.3 is 5.32 Å². The first-order valence-corrected chi connectivity index (χ1v) is 8.96. The Bertz CT molecular complexity index is 919. The Morgan fingerprint density at radius 1 is 1.16 bits per heavy atom. The Kier molecular flexibility index (Phi) is 5.25. The van der Waals surface area contributed by atoms with Crippen molar-refractivity contribution >= 4 is 39.1 Å². The number of nitrogens with zero attached hydrogens (tertiary/aromatic N) is 2. The van der Waals surface area contributed by atoms with Gasteiger partial charge in [-0.25, -0.2) is 0 Å². The first-order valence-electron chi connectivity index (χ1n) is 7.79. The van der Waals surface area contributed by atoms with Crippen LogP contribution in [0.5, 0.6) is 0 Å². The van der Waals surface area contributed by atoms with E-state index in [1.165, 1.54) is 0 Å². The second-order valence-electron chi connectivity index (χ2n) is 5.86. The van der Waals surface area contributed by atoms with Gasteiger partial charge in [-0.3, -0.25) is 9.48 Å². The second kappa shape index (κ2) is 7.42. The van der Waals surface area contributed by atoms with E-state index in [0.717, 1.165) is 21.4 Å². The number of benzene rings is 2. The van der Waals surface area contributed by atoms with Crippen LogP contribution in [-0.4, -0.2) is 15.7 Å². The predicted molar refractivity (Wildman–Crippen MR) is 104 cm³/mol. The first kappa shape index (κ1) is 17.7. The number of amides is 1.